The number of aromatic nitrogens is 3. The number of hydrogen-bond donors (Lipinski definition) is 2. The highest BCUT2D eigenvalue weighted by molar-refractivity contribution is 5.79. The summed E-state index contributed by atoms with van der Waals surface area (Å²) in [7, 11) is 1.97. The lowest BCUT2D eigenvalue weighted by Crippen LogP contribution is -2.38. The average molecular weight is 336 g/mol. The summed E-state index contributed by atoms with van der Waals surface area (Å²) in [6.07, 6.45) is 5.98. The molecule has 0 amide bonds. The molecule has 1 fully saturated rings. The third kappa shape index (κ3) is 6.86. The molecule has 0 aliphatic heterocycles. The summed E-state index contributed by atoms with van der Waals surface area (Å²) >= 11 is 0. The minimum atomic E-state index is 0.525. The van der Waals surface area contributed by atoms with Gasteiger partial charge in [0.05, 0.1) is 0 Å². The van der Waals surface area contributed by atoms with Crippen molar-refractivity contribution in [2.75, 3.05) is 26.3 Å². The maximum absolute atomic E-state index is 5.66. The fraction of sp³-hybridized carbons (Fsp3) is 0.824. The maximum Gasteiger partial charge on any atom is 0.191 e. The van der Waals surface area contributed by atoms with Gasteiger partial charge in [-0.25, -0.2) is 4.99 Å². The number of nitrogens with zero attached hydrogens (tertiary/aromatic N) is 4. The first-order valence-electron chi connectivity index (χ1n) is 9.15. The highest BCUT2D eigenvalue weighted by Crippen LogP contribution is 2.28. The first-order chi connectivity index (χ1) is 11.7. The maximum atomic E-state index is 5.66. The second kappa shape index (κ2) is 10.3. The van der Waals surface area contributed by atoms with E-state index in [1.165, 1.54) is 12.8 Å². The summed E-state index contributed by atoms with van der Waals surface area (Å²) in [5.74, 6) is 3.45. The van der Waals surface area contributed by atoms with Gasteiger partial charge in [-0.05, 0) is 38.5 Å². The van der Waals surface area contributed by atoms with Crippen molar-refractivity contribution in [2.45, 2.75) is 52.5 Å². The van der Waals surface area contributed by atoms with Crippen molar-refractivity contribution in [3.8, 4) is 0 Å². The van der Waals surface area contributed by atoms with E-state index in [0.29, 0.717) is 6.54 Å². The number of unbranched alkanes of at least 4 members (excludes halogenated alkanes) is 1. The molecule has 7 nitrogen and oxygen atoms in total. The molecule has 0 bridgehead atoms. The largest absolute Gasteiger partial charge is 0.381 e. The lowest BCUT2D eigenvalue weighted by molar-refractivity contribution is 0.123. The summed E-state index contributed by atoms with van der Waals surface area (Å²) in [6.45, 7) is 8.19. The third-order valence-corrected chi connectivity index (χ3v) is 4.19. The van der Waals surface area contributed by atoms with Crippen LogP contribution < -0.4 is 10.6 Å². The molecule has 0 unspecified atom stereocenters. The number of ether oxygens (including phenoxy) is 1. The highest BCUT2D eigenvalue weighted by atomic mass is 16.5. The van der Waals surface area contributed by atoms with Crippen molar-refractivity contribution in [2.24, 2.45) is 18.0 Å². The molecule has 2 N–H and O–H groups in total. The number of aryl methyl sites for hydroxylation is 1. The molecular formula is C17H32N6O. The smallest absolute Gasteiger partial charge is 0.191 e. The van der Waals surface area contributed by atoms with Gasteiger partial charge in [0.1, 0.15) is 12.4 Å². The summed E-state index contributed by atoms with van der Waals surface area (Å²) in [4.78, 5) is 4.63. The molecule has 1 saturated carbocycles. The average Bonchev–Trinajstić information content (AvgIpc) is 3.35. The molecule has 0 atom stereocenters. The van der Waals surface area contributed by atoms with Crippen LogP contribution in [0.4, 0.5) is 0 Å². The van der Waals surface area contributed by atoms with E-state index in [0.717, 1.165) is 69.1 Å². The van der Waals surface area contributed by atoms with Crippen LogP contribution in [0.3, 0.4) is 0 Å². The number of nitrogens with one attached hydrogen (secondary N) is 2. The van der Waals surface area contributed by atoms with Crippen molar-refractivity contribution in [1.82, 2.24) is 25.4 Å². The minimum Gasteiger partial charge on any atom is -0.381 e. The Morgan fingerprint density at radius 2 is 2.00 bits per heavy atom. The van der Waals surface area contributed by atoms with Gasteiger partial charge in [-0.3, -0.25) is 0 Å². The van der Waals surface area contributed by atoms with E-state index in [4.69, 9.17) is 4.74 Å². The van der Waals surface area contributed by atoms with Gasteiger partial charge in [-0.2, -0.15) is 0 Å². The predicted molar refractivity (Wildman–Crippen MR) is 96.0 cm³/mol. The molecule has 7 heteroatoms. The highest BCUT2D eigenvalue weighted by Gasteiger charge is 2.20. The zero-order chi connectivity index (χ0) is 17.2. The quantitative estimate of drug-likeness (QED) is 0.366. The lowest BCUT2D eigenvalue weighted by Gasteiger charge is -2.12. The van der Waals surface area contributed by atoms with Gasteiger partial charge in [-0.15, -0.1) is 10.2 Å². The summed E-state index contributed by atoms with van der Waals surface area (Å²) in [6, 6.07) is 0. The Balaban J connectivity index is 1.72. The first-order valence-corrected chi connectivity index (χ1v) is 9.15. The molecule has 0 aromatic carbocycles. The molecule has 2 rings (SSSR count). The van der Waals surface area contributed by atoms with Gasteiger partial charge in [0.15, 0.2) is 11.8 Å². The molecule has 24 heavy (non-hydrogen) atoms. The summed E-state index contributed by atoms with van der Waals surface area (Å²) in [5.41, 5.74) is 0. The Morgan fingerprint density at radius 3 is 2.62 bits per heavy atom. The third-order valence-electron chi connectivity index (χ3n) is 4.19. The molecule has 0 saturated heterocycles. The molecular weight excluding hydrogens is 304 g/mol. The van der Waals surface area contributed by atoms with Crippen LogP contribution in [0, 0.1) is 12.8 Å². The van der Waals surface area contributed by atoms with Crippen molar-refractivity contribution in [3.05, 3.63) is 11.6 Å². The summed E-state index contributed by atoms with van der Waals surface area (Å²) < 4.78 is 7.63. The predicted octanol–water partition coefficient (Wildman–Crippen LogP) is 1.78. The zero-order valence-corrected chi connectivity index (χ0v) is 15.3. The van der Waals surface area contributed by atoms with E-state index in [9.17, 15) is 0 Å². The fourth-order valence-corrected chi connectivity index (χ4v) is 2.21. The Hall–Kier alpha value is -1.63. The number of aliphatic imine (C=N–C) groups is 1. The van der Waals surface area contributed by atoms with Crippen molar-refractivity contribution >= 4 is 5.96 Å². The van der Waals surface area contributed by atoms with Crippen LogP contribution in [0.5, 0.6) is 0 Å². The molecule has 0 spiro atoms. The Morgan fingerprint density at radius 1 is 1.25 bits per heavy atom. The Bertz CT molecular complexity index is 509. The van der Waals surface area contributed by atoms with Crippen molar-refractivity contribution in [1.29, 1.82) is 0 Å². The number of guanidine groups is 1. The van der Waals surface area contributed by atoms with Crippen LogP contribution in [0.2, 0.25) is 0 Å². The molecule has 1 aromatic rings. The molecule has 1 aromatic heterocycles. The molecule has 0 radical (unpaired) electrons. The molecule has 1 aliphatic rings. The standard InChI is InChI=1S/C17H32N6O/c1-4-5-9-18-17(19-10-6-11-24-13-15-7-8-15)20-12-16-22-21-14(2)23(16)3/h15H,4-13H2,1-3H3,(H2,18,19,20). The van der Waals surface area contributed by atoms with Gasteiger partial charge < -0.3 is 19.9 Å². The zero-order valence-electron chi connectivity index (χ0n) is 15.3. The van der Waals surface area contributed by atoms with Gasteiger partial charge in [0, 0.05) is 33.4 Å². The fourth-order valence-electron chi connectivity index (χ4n) is 2.21. The molecule has 1 aliphatic carbocycles. The summed E-state index contributed by atoms with van der Waals surface area (Å²) in [5, 5.41) is 15.0. The molecule has 136 valence electrons. The van der Waals surface area contributed by atoms with E-state index < -0.39 is 0 Å². The Labute approximate surface area is 145 Å². The van der Waals surface area contributed by atoms with E-state index in [1.807, 2.05) is 18.5 Å². The van der Waals surface area contributed by atoms with E-state index >= 15 is 0 Å². The van der Waals surface area contributed by atoms with Crippen LogP contribution in [0.15, 0.2) is 4.99 Å². The van der Waals surface area contributed by atoms with E-state index in [1.54, 1.807) is 0 Å². The second-order valence-electron chi connectivity index (χ2n) is 6.47. The normalized spacial score (nSPS) is 14.9. The van der Waals surface area contributed by atoms with E-state index in [-0.39, 0.29) is 0 Å². The van der Waals surface area contributed by atoms with Crippen LogP contribution in [-0.2, 0) is 18.3 Å². The SMILES string of the molecule is CCCCNC(=NCc1nnc(C)n1C)NCCCOCC1CC1. The van der Waals surface area contributed by atoms with Gasteiger partial charge >= 0.3 is 0 Å². The van der Waals surface area contributed by atoms with Crippen molar-refractivity contribution < 1.29 is 4.74 Å². The van der Waals surface area contributed by atoms with Crippen LogP contribution in [-0.4, -0.2) is 47.0 Å². The van der Waals surface area contributed by atoms with Gasteiger partial charge in [-0.1, -0.05) is 13.3 Å². The van der Waals surface area contributed by atoms with Gasteiger partial charge in [0.2, 0.25) is 0 Å². The van der Waals surface area contributed by atoms with Crippen LogP contribution in [0.25, 0.3) is 0 Å². The monoisotopic (exact) mass is 336 g/mol. The number of hydrogen-bond acceptors (Lipinski definition) is 4. The topological polar surface area (TPSA) is 76.4 Å². The first kappa shape index (κ1) is 18.7. The minimum absolute atomic E-state index is 0.525. The van der Waals surface area contributed by atoms with E-state index in [2.05, 4.69) is 32.7 Å². The Kier molecular flexibility index (Phi) is 8.01. The second-order valence-corrected chi connectivity index (χ2v) is 6.47. The van der Waals surface area contributed by atoms with Gasteiger partial charge in [0.25, 0.3) is 0 Å². The molecule has 1 heterocycles. The number of rotatable bonds is 11. The lowest BCUT2D eigenvalue weighted by atomic mass is 10.3. The van der Waals surface area contributed by atoms with Crippen LogP contribution >= 0.6 is 0 Å². The van der Waals surface area contributed by atoms with Crippen LogP contribution in [0.1, 0.15) is 50.7 Å². The van der Waals surface area contributed by atoms with Crippen molar-refractivity contribution in [3.63, 3.8) is 0 Å².